The normalized spacial score (nSPS) is 18.5. The second-order valence-corrected chi connectivity index (χ2v) is 5.91. The summed E-state index contributed by atoms with van der Waals surface area (Å²) in [5.74, 6) is -0.0374. The first-order valence-corrected chi connectivity index (χ1v) is 6.38. The smallest absolute Gasteiger partial charge is 0.415 e. The van der Waals surface area contributed by atoms with Crippen LogP contribution in [0.4, 0.5) is 10.5 Å². The molecule has 0 saturated heterocycles. The molecule has 0 fully saturated rings. The van der Waals surface area contributed by atoms with Gasteiger partial charge in [0.2, 0.25) is 0 Å². The van der Waals surface area contributed by atoms with Crippen molar-refractivity contribution < 1.29 is 14.3 Å². The molecule has 4 heteroatoms. The molecule has 4 nitrogen and oxygen atoms in total. The standard InChI is InChI=1S/C15H19NO3/c1-9-6-7-12-11(8-9)13(17)10(2)16(12)14(18)19-15(3,4)5/h6-8,10H,1-5H3. The van der Waals surface area contributed by atoms with Crippen LogP contribution in [0.25, 0.3) is 0 Å². The molecule has 0 saturated carbocycles. The molecule has 1 aliphatic rings. The Bertz CT molecular complexity index is 543. The van der Waals surface area contributed by atoms with Gasteiger partial charge in [0.15, 0.2) is 5.78 Å². The van der Waals surface area contributed by atoms with Crippen molar-refractivity contribution >= 4 is 17.6 Å². The SMILES string of the molecule is Cc1ccc2c(c1)C(=O)C(C)N2C(=O)OC(C)(C)C. The molecular weight excluding hydrogens is 242 g/mol. The van der Waals surface area contributed by atoms with Gasteiger partial charge in [-0.05, 0) is 46.8 Å². The van der Waals surface area contributed by atoms with Crippen LogP contribution in [0, 0.1) is 6.92 Å². The number of ether oxygens (including phenoxy) is 1. The molecule has 102 valence electrons. The molecule has 1 unspecified atom stereocenters. The minimum atomic E-state index is -0.576. The van der Waals surface area contributed by atoms with Crippen molar-refractivity contribution in [2.75, 3.05) is 4.90 Å². The van der Waals surface area contributed by atoms with Gasteiger partial charge in [-0.25, -0.2) is 4.79 Å². The summed E-state index contributed by atoms with van der Waals surface area (Å²) in [5, 5.41) is 0. The van der Waals surface area contributed by atoms with E-state index < -0.39 is 17.7 Å². The van der Waals surface area contributed by atoms with E-state index in [2.05, 4.69) is 0 Å². The van der Waals surface area contributed by atoms with Crippen molar-refractivity contribution in [2.24, 2.45) is 0 Å². The first kappa shape index (κ1) is 13.6. The summed E-state index contributed by atoms with van der Waals surface area (Å²) in [7, 11) is 0. The second-order valence-electron chi connectivity index (χ2n) is 5.91. The van der Waals surface area contributed by atoms with Crippen LogP contribution < -0.4 is 4.90 Å². The van der Waals surface area contributed by atoms with Crippen molar-refractivity contribution in [2.45, 2.75) is 46.3 Å². The average Bonchev–Trinajstić information content (AvgIpc) is 2.50. The number of carbonyl (C=O) groups excluding carboxylic acids is 2. The van der Waals surface area contributed by atoms with Crippen molar-refractivity contribution in [1.82, 2.24) is 0 Å². The molecule has 19 heavy (non-hydrogen) atoms. The summed E-state index contributed by atoms with van der Waals surface area (Å²) in [6.45, 7) is 9.08. The number of hydrogen-bond donors (Lipinski definition) is 0. The van der Waals surface area contributed by atoms with E-state index in [9.17, 15) is 9.59 Å². The molecule has 2 rings (SSSR count). The molecule has 1 atom stereocenters. The average molecular weight is 261 g/mol. The topological polar surface area (TPSA) is 46.6 Å². The fourth-order valence-electron chi connectivity index (χ4n) is 2.18. The molecule has 0 radical (unpaired) electrons. The number of anilines is 1. The van der Waals surface area contributed by atoms with Gasteiger partial charge >= 0.3 is 6.09 Å². The minimum Gasteiger partial charge on any atom is -0.443 e. The molecule has 1 amide bonds. The van der Waals surface area contributed by atoms with Gasteiger partial charge in [0.1, 0.15) is 11.6 Å². The third-order valence-corrected chi connectivity index (χ3v) is 3.03. The Morgan fingerprint density at radius 2 is 1.95 bits per heavy atom. The molecule has 0 N–H and O–H groups in total. The van der Waals surface area contributed by atoms with Gasteiger partial charge in [0.25, 0.3) is 0 Å². The highest BCUT2D eigenvalue weighted by atomic mass is 16.6. The highest BCUT2D eigenvalue weighted by Gasteiger charge is 2.39. The maximum atomic E-state index is 12.2. The molecule has 1 aliphatic heterocycles. The van der Waals surface area contributed by atoms with Crippen LogP contribution in [0.15, 0.2) is 18.2 Å². The monoisotopic (exact) mass is 261 g/mol. The number of hydrogen-bond acceptors (Lipinski definition) is 3. The summed E-state index contributed by atoms with van der Waals surface area (Å²) in [4.78, 5) is 25.8. The predicted octanol–water partition coefficient (Wildman–Crippen LogP) is 3.32. The zero-order chi connectivity index (χ0) is 14.4. The van der Waals surface area contributed by atoms with E-state index >= 15 is 0 Å². The van der Waals surface area contributed by atoms with Crippen LogP contribution >= 0.6 is 0 Å². The van der Waals surface area contributed by atoms with Gasteiger partial charge in [0, 0.05) is 5.56 Å². The Balaban J connectivity index is 2.39. The minimum absolute atomic E-state index is 0.0374. The van der Waals surface area contributed by atoms with Gasteiger partial charge in [-0.3, -0.25) is 9.69 Å². The number of aryl methyl sites for hydroxylation is 1. The van der Waals surface area contributed by atoms with Gasteiger partial charge < -0.3 is 4.74 Å². The number of carbonyl (C=O) groups is 2. The quantitative estimate of drug-likeness (QED) is 0.719. The number of fused-ring (bicyclic) bond motifs is 1. The number of nitrogens with zero attached hydrogens (tertiary/aromatic N) is 1. The van der Waals surface area contributed by atoms with Crippen LogP contribution in [0.2, 0.25) is 0 Å². The summed E-state index contributed by atoms with van der Waals surface area (Å²) in [6, 6.07) is 5.00. The van der Waals surface area contributed by atoms with Crippen molar-refractivity contribution in [1.29, 1.82) is 0 Å². The van der Waals surface area contributed by atoms with Crippen LogP contribution in [0.3, 0.4) is 0 Å². The summed E-state index contributed by atoms with van der Waals surface area (Å²) < 4.78 is 5.36. The van der Waals surface area contributed by atoms with Gasteiger partial charge in [-0.2, -0.15) is 0 Å². The number of benzene rings is 1. The highest BCUT2D eigenvalue weighted by molar-refractivity contribution is 6.16. The first-order chi connectivity index (χ1) is 8.70. The lowest BCUT2D eigenvalue weighted by Gasteiger charge is -2.26. The second kappa shape index (κ2) is 4.37. The lowest BCUT2D eigenvalue weighted by molar-refractivity contribution is 0.0564. The summed E-state index contributed by atoms with van der Waals surface area (Å²) in [6.07, 6.45) is -0.476. The zero-order valence-corrected chi connectivity index (χ0v) is 12.0. The number of Topliss-reactive ketones (excluding diaryl/α,β-unsaturated/α-hetero) is 1. The van der Waals surface area contributed by atoms with E-state index in [0.717, 1.165) is 5.56 Å². The van der Waals surface area contributed by atoms with Crippen LogP contribution in [0.5, 0.6) is 0 Å². The van der Waals surface area contributed by atoms with E-state index in [1.807, 2.05) is 39.8 Å². The number of ketones is 1. The van der Waals surface area contributed by atoms with Crippen molar-refractivity contribution in [3.05, 3.63) is 29.3 Å². The van der Waals surface area contributed by atoms with E-state index in [4.69, 9.17) is 4.74 Å². The van der Waals surface area contributed by atoms with Crippen molar-refractivity contribution in [3.63, 3.8) is 0 Å². The fourth-order valence-corrected chi connectivity index (χ4v) is 2.18. The number of rotatable bonds is 0. The van der Waals surface area contributed by atoms with E-state index in [-0.39, 0.29) is 5.78 Å². The Kier molecular flexibility index (Phi) is 3.12. The Morgan fingerprint density at radius 1 is 1.32 bits per heavy atom. The van der Waals surface area contributed by atoms with E-state index in [1.54, 1.807) is 13.0 Å². The Labute approximate surface area is 113 Å². The highest BCUT2D eigenvalue weighted by Crippen LogP contribution is 2.33. The van der Waals surface area contributed by atoms with Gasteiger partial charge in [0.05, 0.1) is 5.69 Å². The summed E-state index contributed by atoms with van der Waals surface area (Å²) >= 11 is 0. The van der Waals surface area contributed by atoms with E-state index in [1.165, 1.54) is 4.90 Å². The molecule has 0 aliphatic carbocycles. The lowest BCUT2D eigenvalue weighted by atomic mass is 10.1. The maximum Gasteiger partial charge on any atom is 0.415 e. The fraction of sp³-hybridized carbons (Fsp3) is 0.467. The molecule has 0 bridgehead atoms. The van der Waals surface area contributed by atoms with Crippen molar-refractivity contribution in [3.8, 4) is 0 Å². The molecule has 1 aromatic carbocycles. The van der Waals surface area contributed by atoms with Gasteiger partial charge in [-0.15, -0.1) is 0 Å². The molecule has 0 aromatic heterocycles. The number of amides is 1. The largest absolute Gasteiger partial charge is 0.443 e. The molecule has 1 aromatic rings. The molecule has 1 heterocycles. The predicted molar refractivity (Wildman–Crippen MR) is 73.7 cm³/mol. The Hall–Kier alpha value is -1.84. The third-order valence-electron chi connectivity index (χ3n) is 3.03. The first-order valence-electron chi connectivity index (χ1n) is 6.38. The Morgan fingerprint density at radius 3 is 2.53 bits per heavy atom. The third kappa shape index (κ3) is 2.48. The summed E-state index contributed by atoms with van der Waals surface area (Å²) in [5.41, 5.74) is 1.66. The van der Waals surface area contributed by atoms with Crippen LogP contribution in [-0.2, 0) is 4.74 Å². The lowest BCUT2D eigenvalue weighted by Crippen LogP contribution is -2.41. The maximum absolute atomic E-state index is 12.2. The zero-order valence-electron chi connectivity index (χ0n) is 12.0. The van der Waals surface area contributed by atoms with Gasteiger partial charge in [-0.1, -0.05) is 11.6 Å². The van der Waals surface area contributed by atoms with Crippen LogP contribution in [-0.4, -0.2) is 23.5 Å². The molecule has 0 spiro atoms. The molecular formula is C15H19NO3. The van der Waals surface area contributed by atoms with Crippen LogP contribution in [0.1, 0.15) is 43.6 Å². The van der Waals surface area contributed by atoms with E-state index in [0.29, 0.717) is 11.3 Å².